The van der Waals surface area contributed by atoms with Crippen molar-refractivity contribution < 1.29 is 14.6 Å². The molecule has 0 aliphatic carbocycles. The number of ether oxygens (including phenoxy) is 1. The molecule has 4 nitrogen and oxygen atoms in total. The van der Waals surface area contributed by atoms with E-state index in [9.17, 15) is 9.90 Å². The van der Waals surface area contributed by atoms with Crippen molar-refractivity contribution in [1.82, 2.24) is 4.90 Å². The largest absolute Gasteiger partial charge is 0.483 e. The monoisotopic (exact) mass is 249 g/mol. The van der Waals surface area contributed by atoms with E-state index in [0.29, 0.717) is 19.5 Å². The van der Waals surface area contributed by atoms with Crippen LogP contribution in [-0.2, 0) is 11.2 Å². The standard InChI is InChI=1S/C14H19NO3/c1-2-11-5-3-4-6-13(11)18-10-14(17)15-8-7-12(16)9-15/h3-6,12,16H,2,7-10H2,1H3/t12-/m1/s1. The van der Waals surface area contributed by atoms with Gasteiger partial charge in [0, 0.05) is 13.1 Å². The fourth-order valence-corrected chi connectivity index (χ4v) is 2.14. The van der Waals surface area contributed by atoms with Crippen LogP contribution >= 0.6 is 0 Å². The Kier molecular flexibility index (Phi) is 4.20. The minimum absolute atomic E-state index is 0.0454. The molecule has 98 valence electrons. The fraction of sp³-hybridized carbons (Fsp3) is 0.500. The summed E-state index contributed by atoms with van der Waals surface area (Å²) in [7, 11) is 0. The lowest BCUT2D eigenvalue weighted by Gasteiger charge is -2.16. The molecule has 0 aromatic heterocycles. The number of hydrogen-bond donors (Lipinski definition) is 1. The second kappa shape index (κ2) is 5.87. The molecular weight excluding hydrogens is 230 g/mol. The summed E-state index contributed by atoms with van der Waals surface area (Å²) in [6.07, 6.45) is 1.17. The lowest BCUT2D eigenvalue weighted by molar-refractivity contribution is -0.132. The number of aliphatic hydroxyl groups is 1. The number of amides is 1. The first-order valence-corrected chi connectivity index (χ1v) is 6.37. The van der Waals surface area contributed by atoms with Crippen LogP contribution < -0.4 is 4.74 Å². The maximum Gasteiger partial charge on any atom is 0.260 e. The van der Waals surface area contributed by atoms with E-state index in [4.69, 9.17) is 4.74 Å². The van der Waals surface area contributed by atoms with Gasteiger partial charge in [-0.3, -0.25) is 4.79 Å². The lowest BCUT2D eigenvalue weighted by atomic mass is 10.1. The van der Waals surface area contributed by atoms with Gasteiger partial charge in [0.1, 0.15) is 5.75 Å². The van der Waals surface area contributed by atoms with Crippen molar-refractivity contribution in [1.29, 1.82) is 0 Å². The van der Waals surface area contributed by atoms with Gasteiger partial charge >= 0.3 is 0 Å². The van der Waals surface area contributed by atoms with Crippen molar-refractivity contribution >= 4 is 5.91 Å². The molecule has 1 heterocycles. The highest BCUT2D eigenvalue weighted by Crippen LogP contribution is 2.18. The number of hydrogen-bond acceptors (Lipinski definition) is 3. The third-order valence-electron chi connectivity index (χ3n) is 3.22. The maximum absolute atomic E-state index is 11.9. The van der Waals surface area contributed by atoms with E-state index in [-0.39, 0.29) is 18.6 Å². The molecule has 1 N–H and O–H groups in total. The highest BCUT2D eigenvalue weighted by atomic mass is 16.5. The van der Waals surface area contributed by atoms with Crippen LogP contribution in [0, 0.1) is 0 Å². The molecule has 0 bridgehead atoms. The summed E-state index contributed by atoms with van der Waals surface area (Å²) in [4.78, 5) is 13.5. The summed E-state index contributed by atoms with van der Waals surface area (Å²) >= 11 is 0. The van der Waals surface area contributed by atoms with Crippen molar-refractivity contribution in [2.75, 3.05) is 19.7 Å². The SMILES string of the molecule is CCc1ccccc1OCC(=O)N1CC[C@@H](O)C1. The van der Waals surface area contributed by atoms with E-state index in [1.807, 2.05) is 24.3 Å². The van der Waals surface area contributed by atoms with Crippen molar-refractivity contribution in [2.45, 2.75) is 25.9 Å². The Balaban J connectivity index is 1.89. The molecular formula is C14H19NO3. The average molecular weight is 249 g/mol. The highest BCUT2D eigenvalue weighted by molar-refractivity contribution is 5.78. The van der Waals surface area contributed by atoms with E-state index >= 15 is 0 Å². The van der Waals surface area contributed by atoms with Gasteiger partial charge in [0.15, 0.2) is 6.61 Å². The molecule has 1 amide bonds. The number of rotatable bonds is 4. The first kappa shape index (κ1) is 12.9. The van der Waals surface area contributed by atoms with Crippen molar-refractivity contribution in [3.63, 3.8) is 0 Å². The summed E-state index contributed by atoms with van der Waals surface area (Å²) in [5.41, 5.74) is 1.10. The molecule has 1 aliphatic heterocycles. The zero-order valence-corrected chi connectivity index (χ0v) is 10.6. The summed E-state index contributed by atoms with van der Waals surface area (Å²) < 4.78 is 5.56. The second-order valence-corrected chi connectivity index (χ2v) is 4.53. The van der Waals surface area contributed by atoms with E-state index in [2.05, 4.69) is 6.92 Å². The Morgan fingerprint density at radius 1 is 1.50 bits per heavy atom. The van der Waals surface area contributed by atoms with Gasteiger partial charge in [-0.2, -0.15) is 0 Å². The van der Waals surface area contributed by atoms with Gasteiger partial charge < -0.3 is 14.7 Å². The molecule has 1 aliphatic rings. The highest BCUT2D eigenvalue weighted by Gasteiger charge is 2.24. The molecule has 0 unspecified atom stereocenters. The number of β-amino-alcohol motifs (C(OH)–C–C–N with tert-alkyl or cyclic N) is 1. The van der Waals surface area contributed by atoms with Crippen LogP contribution in [0.1, 0.15) is 18.9 Å². The van der Waals surface area contributed by atoms with Gasteiger partial charge in [0.2, 0.25) is 0 Å². The number of nitrogens with zero attached hydrogens (tertiary/aromatic N) is 1. The molecule has 0 saturated carbocycles. The molecule has 1 fully saturated rings. The number of para-hydroxylation sites is 1. The zero-order chi connectivity index (χ0) is 13.0. The molecule has 4 heteroatoms. The summed E-state index contributed by atoms with van der Waals surface area (Å²) in [5.74, 6) is 0.713. The average Bonchev–Trinajstić information content (AvgIpc) is 2.83. The maximum atomic E-state index is 11.9. The summed E-state index contributed by atoms with van der Waals surface area (Å²) in [6.45, 7) is 3.15. The summed E-state index contributed by atoms with van der Waals surface area (Å²) in [6, 6.07) is 7.74. The number of aliphatic hydroxyl groups excluding tert-OH is 1. The topological polar surface area (TPSA) is 49.8 Å². The number of carbonyl (C=O) groups is 1. The van der Waals surface area contributed by atoms with Crippen LogP contribution in [0.4, 0.5) is 0 Å². The third kappa shape index (κ3) is 3.01. The molecule has 0 radical (unpaired) electrons. The van der Waals surface area contributed by atoms with Crippen LogP contribution in [0.15, 0.2) is 24.3 Å². The van der Waals surface area contributed by atoms with Crippen LogP contribution in [0.2, 0.25) is 0 Å². The third-order valence-corrected chi connectivity index (χ3v) is 3.22. The van der Waals surface area contributed by atoms with Gasteiger partial charge in [-0.1, -0.05) is 25.1 Å². The van der Waals surface area contributed by atoms with Crippen LogP contribution in [0.5, 0.6) is 5.75 Å². The molecule has 1 saturated heterocycles. The molecule has 1 atom stereocenters. The van der Waals surface area contributed by atoms with E-state index < -0.39 is 0 Å². The second-order valence-electron chi connectivity index (χ2n) is 4.53. The van der Waals surface area contributed by atoms with Gasteiger partial charge in [0.25, 0.3) is 5.91 Å². The van der Waals surface area contributed by atoms with Gasteiger partial charge in [0.05, 0.1) is 6.10 Å². The van der Waals surface area contributed by atoms with Gasteiger partial charge in [-0.05, 0) is 24.5 Å². The summed E-state index contributed by atoms with van der Waals surface area (Å²) in [5, 5.41) is 9.38. The van der Waals surface area contributed by atoms with Crippen molar-refractivity contribution in [3.8, 4) is 5.75 Å². The predicted molar refractivity (Wildman–Crippen MR) is 68.5 cm³/mol. The molecule has 2 rings (SSSR count). The van der Waals surface area contributed by atoms with Crippen LogP contribution in [-0.4, -0.2) is 41.7 Å². The Bertz CT molecular complexity index is 419. The van der Waals surface area contributed by atoms with Crippen molar-refractivity contribution in [3.05, 3.63) is 29.8 Å². The van der Waals surface area contributed by atoms with Crippen molar-refractivity contribution in [2.24, 2.45) is 0 Å². The Hall–Kier alpha value is -1.55. The number of carbonyl (C=O) groups excluding carboxylic acids is 1. The Labute approximate surface area is 107 Å². The first-order valence-electron chi connectivity index (χ1n) is 6.37. The molecule has 1 aromatic rings. The molecule has 0 spiro atoms. The van der Waals surface area contributed by atoms with E-state index in [1.54, 1.807) is 4.90 Å². The fourth-order valence-electron chi connectivity index (χ4n) is 2.14. The number of likely N-dealkylation sites (tertiary alicyclic amines) is 1. The van der Waals surface area contributed by atoms with E-state index in [0.717, 1.165) is 17.7 Å². The lowest BCUT2D eigenvalue weighted by Crippen LogP contribution is -2.33. The molecule has 18 heavy (non-hydrogen) atoms. The Morgan fingerprint density at radius 2 is 2.28 bits per heavy atom. The minimum Gasteiger partial charge on any atom is -0.483 e. The van der Waals surface area contributed by atoms with Gasteiger partial charge in [-0.25, -0.2) is 0 Å². The minimum atomic E-state index is -0.378. The zero-order valence-electron chi connectivity index (χ0n) is 10.6. The van der Waals surface area contributed by atoms with Crippen LogP contribution in [0.3, 0.4) is 0 Å². The quantitative estimate of drug-likeness (QED) is 0.873. The predicted octanol–water partition coefficient (Wildman–Crippen LogP) is 1.22. The normalized spacial score (nSPS) is 19.0. The first-order chi connectivity index (χ1) is 8.70. The number of benzene rings is 1. The van der Waals surface area contributed by atoms with Crippen LogP contribution in [0.25, 0.3) is 0 Å². The Morgan fingerprint density at radius 3 is 2.94 bits per heavy atom. The van der Waals surface area contributed by atoms with E-state index in [1.165, 1.54) is 0 Å². The molecule has 1 aromatic carbocycles. The smallest absolute Gasteiger partial charge is 0.260 e. The van der Waals surface area contributed by atoms with Gasteiger partial charge in [-0.15, -0.1) is 0 Å². The number of aryl methyl sites for hydroxylation is 1.